The first kappa shape index (κ1) is 19.6. The number of thiophene rings is 1. The predicted molar refractivity (Wildman–Crippen MR) is 107 cm³/mol. The minimum absolute atomic E-state index is 0.0109. The number of carbonyl (C=O) groups excluding carboxylic acids is 2. The van der Waals surface area contributed by atoms with Crippen LogP contribution >= 0.6 is 11.3 Å². The summed E-state index contributed by atoms with van der Waals surface area (Å²) in [6.07, 6.45) is 0.780. The minimum atomic E-state index is -0.237. The van der Waals surface area contributed by atoms with Crippen molar-refractivity contribution >= 4 is 23.2 Å². The number of hydrogen-bond acceptors (Lipinski definition) is 4. The van der Waals surface area contributed by atoms with Gasteiger partial charge in [0, 0.05) is 39.3 Å². The molecular weight excluding hydrogens is 360 g/mol. The van der Waals surface area contributed by atoms with E-state index in [9.17, 15) is 9.59 Å². The van der Waals surface area contributed by atoms with Crippen LogP contribution in [0.4, 0.5) is 0 Å². The molecule has 1 saturated heterocycles. The lowest BCUT2D eigenvalue weighted by Gasteiger charge is -2.18. The highest BCUT2D eigenvalue weighted by molar-refractivity contribution is 7.12. The fraction of sp³-hybridized carbons (Fsp3) is 0.429. The van der Waals surface area contributed by atoms with Crippen LogP contribution in [0.2, 0.25) is 0 Å². The third kappa shape index (κ3) is 4.76. The van der Waals surface area contributed by atoms with Crippen LogP contribution in [0.1, 0.15) is 33.1 Å². The Morgan fingerprint density at radius 3 is 2.67 bits per heavy atom. The normalized spacial score (nSPS) is 19.3. The predicted octanol–water partition coefficient (Wildman–Crippen LogP) is 3.07. The summed E-state index contributed by atoms with van der Waals surface area (Å²) in [6, 6.07) is 12.0. The number of benzene rings is 1. The van der Waals surface area contributed by atoms with Crippen molar-refractivity contribution in [3.63, 3.8) is 0 Å². The molecule has 2 aromatic rings. The molecule has 1 aromatic carbocycles. The second kappa shape index (κ2) is 9.15. The van der Waals surface area contributed by atoms with E-state index in [-0.39, 0.29) is 23.7 Å². The van der Waals surface area contributed by atoms with Gasteiger partial charge in [0.25, 0.3) is 5.91 Å². The van der Waals surface area contributed by atoms with E-state index in [1.807, 2.05) is 29.3 Å². The molecule has 2 amide bonds. The Bertz CT molecular complexity index is 758. The summed E-state index contributed by atoms with van der Waals surface area (Å²) < 4.78 is 5.04. The lowest BCUT2D eigenvalue weighted by molar-refractivity contribution is -0.124. The van der Waals surface area contributed by atoms with E-state index >= 15 is 0 Å². The SMILES string of the molecule is COCCCNC(=O)[C@@H]1CN(C(=O)c2cccs2)C[C@H]1c1ccc(C)cc1. The molecular formula is C21H26N2O3S. The van der Waals surface area contributed by atoms with E-state index in [0.29, 0.717) is 26.2 Å². The van der Waals surface area contributed by atoms with Gasteiger partial charge in [-0.25, -0.2) is 0 Å². The van der Waals surface area contributed by atoms with Gasteiger partial charge < -0.3 is 15.0 Å². The maximum Gasteiger partial charge on any atom is 0.263 e. The number of likely N-dealkylation sites (tertiary alicyclic amines) is 1. The van der Waals surface area contributed by atoms with E-state index in [1.165, 1.54) is 16.9 Å². The first-order valence-corrected chi connectivity index (χ1v) is 10.1. The van der Waals surface area contributed by atoms with Gasteiger partial charge in [0.2, 0.25) is 5.91 Å². The average Bonchev–Trinajstić information content (AvgIpc) is 3.35. The van der Waals surface area contributed by atoms with Gasteiger partial charge in [0.1, 0.15) is 0 Å². The van der Waals surface area contributed by atoms with Crippen LogP contribution in [0.3, 0.4) is 0 Å². The van der Waals surface area contributed by atoms with Crippen molar-refractivity contribution in [1.29, 1.82) is 0 Å². The standard InChI is InChI=1S/C21H26N2O3S/c1-15-6-8-16(9-7-15)17-13-23(21(25)19-5-3-12-27-19)14-18(17)20(24)22-10-4-11-26-2/h3,5-9,12,17-18H,4,10-11,13-14H2,1-2H3,(H,22,24)/t17-,18+/m0/s1. The summed E-state index contributed by atoms with van der Waals surface area (Å²) in [7, 11) is 1.65. The zero-order valence-electron chi connectivity index (χ0n) is 15.8. The number of nitrogens with one attached hydrogen (secondary N) is 1. The lowest BCUT2D eigenvalue weighted by Crippen LogP contribution is -2.36. The molecule has 144 valence electrons. The van der Waals surface area contributed by atoms with Crippen LogP contribution < -0.4 is 5.32 Å². The average molecular weight is 387 g/mol. The van der Waals surface area contributed by atoms with Gasteiger partial charge in [-0.3, -0.25) is 9.59 Å². The molecule has 1 fully saturated rings. The largest absolute Gasteiger partial charge is 0.385 e. The number of carbonyl (C=O) groups is 2. The van der Waals surface area contributed by atoms with E-state index < -0.39 is 0 Å². The summed E-state index contributed by atoms with van der Waals surface area (Å²) in [5.74, 6) is -0.203. The molecule has 1 aromatic heterocycles. The van der Waals surface area contributed by atoms with Crippen LogP contribution in [0.25, 0.3) is 0 Å². The number of nitrogens with zero attached hydrogens (tertiary/aromatic N) is 1. The molecule has 0 unspecified atom stereocenters. The fourth-order valence-electron chi connectivity index (χ4n) is 3.50. The topological polar surface area (TPSA) is 58.6 Å². The van der Waals surface area contributed by atoms with Gasteiger partial charge in [-0.1, -0.05) is 35.9 Å². The van der Waals surface area contributed by atoms with Crippen molar-refractivity contribution in [2.45, 2.75) is 19.3 Å². The molecule has 1 N–H and O–H groups in total. The molecule has 0 radical (unpaired) electrons. The Morgan fingerprint density at radius 1 is 1.22 bits per heavy atom. The van der Waals surface area contributed by atoms with Crippen molar-refractivity contribution in [3.8, 4) is 0 Å². The maximum absolute atomic E-state index is 12.8. The molecule has 1 aliphatic heterocycles. The van der Waals surface area contributed by atoms with Crippen LogP contribution in [0.5, 0.6) is 0 Å². The zero-order valence-corrected chi connectivity index (χ0v) is 16.6. The molecule has 2 atom stereocenters. The molecule has 6 heteroatoms. The molecule has 27 heavy (non-hydrogen) atoms. The van der Waals surface area contributed by atoms with Crippen LogP contribution in [0, 0.1) is 12.8 Å². The minimum Gasteiger partial charge on any atom is -0.385 e. The Morgan fingerprint density at radius 2 is 2.00 bits per heavy atom. The fourth-order valence-corrected chi connectivity index (χ4v) is 4.19. The summed E-state index contributed by atoms with van der Waals surface area (Å²) in [4.78, 5) is 28.2. The Balaban J connectivity index is 1.75. The summed E-state index contributed by atoms with van der Waals surface area (Å²) in [6.45, 7) is 4.27. The summed E-state index contributed by atoms with van der Waals surface area (Å²) in [5.41, 5.74) is 2.29. The molecule has 0 spiro atoms. The molecule has 0 saturated carbocycles. The van der Waals surface area contributed by atoms with Gasteiger partial charge in [-0.2, -0.15) is 0 Å². The lowest BCUT2D eigenvalue weighted by atomic mass is 9.88. The van der Waals surface area contributed by atoms with E-state index in [0.717, 1.165) is 16.9 Å². The monoisotopic (exact) mass is 386 g/mol. The second-order valence-corrected chi connectivity index (χ2v) is 7.90. The van der Waals surface area contributed by atoms with Crippen LogP contribution in [-0.2, 0) is 9.53 Å². The van der Waals surface area contributed by atoms with Crippen molar-refractivity contribution in [2.75, 3.05) is 33.4 Å². The highest BCUT2D eigenvalue weighted by Gasteiger charge is 2.40. The first-order valence-electron chi connectivity index (χ1n) is 9.26. The van der Waals surface area contributed by atoms with Crippen LogP contribution in [-0.4, -0.2) is 50.1 Å². The number of rotatable bonds is 7. The number of ether oxygens (including phenoxy) is 1. The molecule has 0 aliphatic carbocycles. The highest BCUT2D eigenvalue weighted by Crippen LogP contribution is 2.34. The highest BCUT2D eigenvalue weighted by atomic mass is 32.1. The smallest absolute Gasteiger partial charge is 0.263 e. The first-order chi connectivity index (χ1) is 13.1. The van der Waals surface area contributed by atoms with Crippen molar-refractivity contribution < 1.29 is 14.3 Å². The molecule has 2 heterocycles. The van der Waals surface area contributed by atoms with E-state index in [4.69, 9.17) is 4.74 Å². The van der Waals surface area contributed by atoms with Gasteiger partial charge in [-0.15, -0.1) is 11.3 Å². The number of hydrogen-bond donors (Lipinski definition) is 1. The van der Waals surface area contributed by atoms with Crippen molar-refractivity contribution in [3.05, 3.63) is 57.8 Å². The van der Waals surface area contributed by atoms with Gasteiger partial charge in [0.15, 0.2) is 0 Å². The summed E-state index contributed by atoms with van der Waals surface area (Å²) in [5, 5.41) is 4.91. The number of aryl methyl sites for hydroxylation is 1. The van der Waals surface area contributed by atoms with E-state index in [1.54, 1.807) is 7.11 Å². The summed E-state index contributed by atoms with van der Waals surface area (Å²) >= 11 is 1.44. The number of methoxy groups -OCH3 is 1. The number of amides is 2. The van der Waals surface area contributed by atoms with E-state index in [2.05, 4.69) is 29.6 Å². The maximum atomic E-state index is 12.8. The van der Waals surface area contributed by atoms with Gasteiger partial charge in [-0.05, 0) is 30.4 Å². The van der Waals surface area contributed by atoms with Gasteiger partial charge >= 0.3 is 0 Å². The molecule has 5 nitrogen and oxygen atoms in total. The second-order valence-electron chi connectivity index (χ2n) is 6.95. The molecule has 1 aliphatic rings. The molecule has 0 bridgehead atoms. The van der Waals surface area contributed by atoms with Gasteiger partial charge in [0.05, 0.1) is 10.8 Å². The van der Waals surface area contributed by atoms with Crippen LogP contribution in [0.15, 0.2) is 41.8 Å². The van der Waals surface area contributed by atoms with Crippen molar-refractivity contribution in [1.82, 2.24) is 10.2 Å². The Kier molecular flexibility index (Phi) is 6.63. The Labute approximate surface area is 164 Å². The zero-order chi connectivity index (χ0) is 19.2. The molecule has 3 rings (SSSR count). The third-order valence-electron chi connectivity index (χ3n) is 5.01. The van der Waals surface area contributed by atoms with Crippen molar-refractivity contribution in [2.24, 2.45) is 5.92 Å². The Hall–Kier alpha value is -2.18. The quantitative estimate of drug-likeness (QED) is 0.744. The third-order valence-corrected chi connectivity index (χ3v) is 5.86.